The number of fused-ring (bicyclic) bond motifs is 1. The number of rotatable bonds is 6. The number of nitrogens with zero attached hydrogens (tertiary/aromatic N) is 3. The normalized spacial score (nSPS) is 14.8. The van der Waals surface area contributed by atoms with E-state index in [1.807, 2.05) is 6.07 Å². The van der Waals surface area contributed by atoms with Gasteiger partial charge in [0.15, 0.2) is 5.13 Å². The molecule has 1 fully saturated rings. The lowest BCUT2D eigenvalue weighted by molar-refractivity contribution is 0.0376. The van der Waals surface area contributed by atoms with Crippen LogP contribution >= 0.6 is 38.9 Å². The van der Waals surface area contributed by atoms with E-state index >= 15 is 0 Å². The minimum absolute atomic E-state index is 0.123. The predicted octanol–water partition coefficient (Wildman–Crippen LogP) is 5.70. The van der Waals surface area contributed by atoms with Gasteiger partial charge in [-0.1, -0.05) is 44.9 Å². The van der Waals surface area contributed by atoms with Crippen LogP contribution in [0.25, 0.3) is 10.2 Å². The minimum Gasteiger partial charge on any atom is -0.379 e. The smallest absolute Gasteiger partial charge is 0.261 e. The maximum Gasteiger partial charge on any atom is 0.261 e. The van der Waals surface area contributed by atoms with Gasteiger partial charge < -0.3 is 4.74 Å². The standard InChI is InChI=1S/C23H25BrClN3O2S/c1-15-4-7-20-21(16(15)2)26-23(31-20)28(9-3-8-27-10-12-30-13-11-27)22(29)18-14-17(24)5-6-19(18)25/h4-7,14H,3,8-13H2,1-2H3. The van der Waals surface area contributed by atoms with Gasteiger partial charge >= 0.3 is 0 Å². The molecule has 0 bridgehead atoms. The molecule has 4 rings (SSSR count). The first-order valence-electron chi connectivity index (χ1n) is 10.4. The second-order valence-corrected chi connectivity index (χ2v) is 10.1. The molecular formula is C23H25BrClN3O2S. The van der Waals surface area contributed by atoms with Crippen LogP contribution in [0.1, 0.15) is 27.9 Å². The number of hydrogen-bond donors (Lipinski definition) is 0. The molecule has 0 saturated carbocycles. The van der Waals surface area contributed by atoms with Crippen LogP contribution in [-0.4, -0.2) is 55.2 Å². The molecule has 2 heterocycles. The summed E-state index contributed by atoms with van der Waals surface area (Å²) in [6, 6.07) is 9.56. The molecule has 1 aliphatic rings. The van der Waals surface area contributed by atoms with Crippen LogP contribution in [0.4, 0.5) is 5.13 Å². The molecule has 1 aromatic heterocycles. The molecule has 5 nitrogen and oxygen atoms in total. The molecule has 1 aliphatic heterocycles. The zero-order valence-corrected chi connectivity index (χ0v) is 20.8. The van der Waals surface area contributed by atoms with Gasteiger partial charge in [-0.25, -0.2) is 4.98 Å². The molecular weight excluding hydrogens is 498 g/mol. The summed E-state index contributed by atoms with van der Waals surface area (Å²) in [5, 5.41) is 1.16. The number of hydrogen-bond acceptors (Lipinski definition) is 5. The number of aromatic nitrogens is 1. The Labute approximate surface area is 200 Å². The largest absolute Gasteiger partial charge is 0.379 e. The average molecular weight is 523 g/mol. The lowest BCUT2D eigenvalue weighted by atomic mass is 10.1. The maximum absolute atomic E-state index is 13.6. The highest BCUT2D eigenvalue weighted by atomic mass is 79.9. The first-order chi connectivity index (χ1) is 14.9. The molecule has 2 aromatic carbocycles. The van der Waals surface area contributed by atoms with E-state index in [2.05, 4.69) is 46.8 Å². The quantitative estimate of drug-likeness (QED) is 0.417. The molecule has 3 aromatic rings. The number of benzene rings is 2. The molecule has 0 unspecified atom stereocenters. The second-order valence-electron chi connectivity index (χ2n) is 7.74. The maximum atomic E-state index is 13.6. The summed E-state index contributed by atoms with van der Waals surface area (Å²) in [6.07, 6.45) is 0.852. The zero-order valence-electron chi connectivity index (χ0n) is 17.7. The second kappa shape index (κ2) is 9.96. The van der Waals surface area contributed by atoms with Gasteiger partial charge in [-0.05, 0) is 55.7 Å². The highest BCUT2D eigenvalue weighted by molar-refractivity contribution is 9.10. The number of anilines is 1. The van der Waals surface area contributed by atoms with Gasteiger partial charge in [0.1, 0.15) is 0 Å². The highest BCUT2D eigenvalue weighted by Crippen LogP contribution is 2.33. The fraction of sp³-hybridized carbons (Fsp3) is 0.391. The van der Waals surface area contributed by atoms with E-state index in [4.69, 9.17) is 21.3 Å². The van der Waals surface area contributed by atoms with Crippen LogP contribution < -0.4 is 4.90 Å². The molecule has 0 radical (unpaired) electrons. The summed E-state index contributed by atoms with van der Waals surface area (Å²) in [5.41, 5.74) is 3.80. The first-order valence-corrected chi connectivity index (χ1v) is 12.4. The Morgan fingerprint density at radius 2 is 2.03 bits per heavy atom. The van der Waals surface area contributed by atoms with E-state index in [1.54, 1.807) is 28.4 Å². The summed E-state index contributed by atoms with van der Waals surface area (Å²) >= 11 is 11.4. The van der Waals surface area contributed by atoms with Gasteiger partial charge in [0.2, 0.25) is 0 Å². The number of thiazole rings is 1. The lowest BCUT2D eigenvalue weighted by Crippen LogP contribution is -2.39. The van der Waals surface area contributed by atoms with Gasteiger partial charge in [-0.2, -0.15) is 0 Å². The molecule has 8 heteroatoms. The Kier molecular flexibility index (Phi) is 7.29. The molecule has 1 saturated heterocycles. The third-order valence-electron chi connectivity index (χ3n) is 5.67. The topological polar surface area (TPSA) is 45.7 Å². The monoisotopic (exact) mass is 521 g/mol. The molecule has 0 N–H and O–H groups in total. The highest BCUT2D eigenvalue weighted by Gasteiger charge is 2.24. The van der Waals surface area contributed by atoms with Crippen LogP contribution in [0.5, 0.6) is 0 Å². The van der Waals surface area contributed by atoms with Crippen molar-refractivity contribution in [2.24, 2.45) is 0 Å². The fourth-order valence-corrected chi connectivity index (χ4v) is 5.31. The van der Waals surface area contributed by atoms with Gasteiger partial charge in [0.05, 0.1) is 34.0 Å². The third-order valence-corrected chi connectivity index (χ3v) is 7.53. The molecule has 31 heavy (non-hydrogen) atoms. The summed E-state index contributed by atoms with van der Waals surface area (Å²) in [6.45, 7) is 9.08. The Bertz CT molecular complexity index is 1100. The average Bonchev–Trinajstić information content (AvgIpc) is 3.20. The zero-order chi connectivity index (χ0) is 22.0. The van der Waals surface area contributed by atoms with Crippen molar-refractivity contribution in [3.05, 3.63) is 56.5 Å². The van der Waals surface area contributed by atoms with Crippen molar-refractivity contribution in [1.29, 1.82) is 0 Å². The van der Waals surface area contributed by atoms with E-state index in [0.29, 0.717) is 22.3 Å². The van der Waals surface area contributed by atoms with Crippen molar-refractivity contribution in [2.45, 2.75) is 20.3 Å². The number of carbonyl (C=O) groups is 1. The van der Waals surface area contributed by atoms with E-state index in [0.717, 1.165) is 59.5 Å². The Morgan fingerprint density at radius 1 is 1.26 bits per heavy atom. The van der Waals surface area contributed by atoms with Crippen LogP contribution in [0.2, 0.25) is 5.02 Å². The van der Waals surface area contributed by atoms with Crippen LogP contribution in [0.3, 0.4) is 0 Å². The van der Waals surface area contributed by atoms with Crippen molar-refractivity contribution in [3.8, 4) is 0 Å². The number of ether oxygens (including phenoxy) is 1. The van der Waals surface area contributed by atoms with E-state index in [-0.39, 0.29) is 5.91 Å². The van der Waals surface area contributed by atoms with Crippen molar-refractivity contribution in [3.63, 3.8) is 0 Å². The predicted molar refractivity (Wildman–Crippen MR) is 132 cm³/mol. The van der Waals surface area contributed by atoms with Crippen molar-refractivity contribution >= 4 is 60.1 Å². The van der Waals surface area contributed by atoms with Gasteiger partial charge in [0.25, 0.3) is 5.91 Å². The molecule has 0 spiro atoms. The molecule has 0 atom stereocenters. The Morgan fingerprint density at radius 3 is 2.81 bits per heavy atom. The summed E-state index contributed by atoms with van der Waals surface area (Å²) < 4.78 is 7.35. The first kappa shape index (κ1) is 22.7. The van der Waals surface area contributed by atoms with Crippen LogP contribution in [0, 0.1) is 13.8 Å². The third kappa shape index (κ3) is 5.12. The van der Waals surface area contributed by atoms with Gasteiger partial charge in [0, 0.05) is 30.7 Å². The summed E-state index contributed by atoms with van der Waals surface area (Å²) in [5.74, 6) is -0.123. The Hall–Kier alpha value is -1.51. The number of aryl methyl sites for hydroxylation is 2. The van der Waals surface area contributed by atoms with E-state index < -0.39 is 0 Å². The van der Waals surface area contributed by atoms with E-state index in [1.165, 1.54) is 5.56 Å². The molecule has 0 aliphatic carbocycles. The van der Waals surface area contributed by atoms with Crippen molar-refractivity contribution < 1.29 is 9.53 Å². The number of halogens is 2. The summed E-state index contributed by atoms with van der Waals surface area (Å²) in [7, 11) is 0. The number of carbonyl (C=O) groups excluding carboxylic acids is 1. The Balaban J connectivity index is 1.64. The number of morpholine rings is 1. The fourth-order valence-electron chi connectivity index (χ4n) is 3.70. The molecule has 1 amide bonds. The van der Waals surface area contributed by atoms with Gasteiger partial charge in [-0.15, -0.1) is 0 Å². The lowest BCUT2D eigenvalue weighted by Gasteiger charge is -2.28. The minimum atomic E-state index is -0.123. The van der Waals surface area contributed by atoms with Crippen LogP contribution in [0.15, 0.2) is 34.8 Å². The van der Waals surface area contributed by atoms with Crippen molar-refractivity contribution in [1.82, 2.24) is 9.88 Å². The number of amides is 1. The van der Waals surface area contributed by atoms with E-state index in [9.17, 15) is 4.79 Å². The molecule has 164 valence electrons. The van der Waals surface area contributed by atoms with Crippen molar-refractivity contribution in [2.75, 3.05) is 44.3 Å². The SMILES string of the molecule is Cc1ccc2sc(N(CCCN3CCOCC3)C(=O)c3cc(Br)ccc3Cl)nc2c1C. The van der Waals surface area contributed by atoms with Gasteiger partial charge in [-0.3, -0.25) is 14.6 Å². The summed E-state index contributed by atoms with van der Waals surface area (Å²) in [4.78, 5) is 22.6. The van der Waals surface area contributed by atoms with Crippen LogP contribution in [-0.2, 0) is 4.74 Å².